The fraction of sp³-hybridized carbons (Fsp3) is 0.0357. The number of fused-ring (bicyclic) bond motifs is 12. The van der Waals surface area contributed by atoms with Crippen LogP contribution in [-0.4, -0.2) is 0 Å². The Labute approximate surface area is 337 Å². The Hall–Kier alpha value is -7.42. The van der Waals surface area contributed by atoms with E-state index in [1.54, 1.807) is 0 Å². The number of nitrogens with zero attached hydrogens (tertiary/aromatic N) is 1. The highest BCUT2D eigenvalue weighted by Gasteiger charge is 2.56. The van der Waals surface area contributed by atoms with Crippen molar-refractivity contribution in [3.05, 3.63) is 269 Å². The first kappa shape index (κ1) is 32.8. The van der Waals surface area contributed by atoms with Crippen molar-refractivity contribution >= 4 is 39.0 Å². The Kier molecular flexibility index (Phi) is 7.09. The summed E-state index contributed by atoms with van der Waals surface area (Å²) in [6.07, 6.45) is 0. The molecule has 0 saturated carbocycles. The number of furan rings is 1. The lowest BCUT2D eigenvalue weighted by Crippen LogP contribution is -2.44. The summed E-state index contributed by atoms with van der Waals surface area (Å²) in [6.45, 7) is 0. The number of para-hydroxylation sites is 2. The summed E-state index contributed by atoms with van der Waals surface area (Å²) in [7, 11) is 0. The molecule has 2 heteroatoms. The zero-order valence-corrected chi connectivity index (χ0v) is 31.7. The van der Waals surface area contributed by atoms with Gasteiger partial charge in [0, 0.05) is 16.8 Å². The third kappa shape index (κ3) is 4.32. The van der Waals surface area contributed by atoms with Crippen LogP contribution in [0.4, 0.5) is 17.1 Å². The average molecular weight is 740 g/mol. The fourth-order valence-corrected chi connectivity index (χ4v) is 10.7. The van der Waals surface area contributed by atoms with Crippen molar-refractivity contribution in [1.29, 1.82) is 0 Å². The second-order valence-electron chi connectivity index (χ2n) is 15.5. The molecule has 9 aromatic carbocycles. The largest absolute Gasteiger partial charge is 0.456 e. The first-order chi connectivity index (χ1) is 28.8. The minimum absolute atomic E-state index is 0.551. The standard InChI is InChI=1S/C56H37NO/c1-4-19-38(20-5-1)55(39-21-6-2-7-22-39)46-28-13-15-30-48(46)56(49-31-16-14-29-47(49)55)45-27-12-10-25-42(45)43-36-35-41(37-50(43)56)57(40-23-8-3-9-24-40)51-32-18-34-53-54(51)44-26-11-17-33-52(44)58-53/h1-37H. The minimum Gasteiger partial charge on any atom is -0.456 e. The Morgan fingerprint density at radius 3 is 1.48 bits per heavy atom. The first-order valence-electron chi connectivity index (χ1n) is 20.1. The van der Waals surface area contributed by atoms with E-state index < -0.39 is 10.8 Å². The topological polar surface area (TPSA) is 16.4 Å². The molecule has 2 aliphatic rings. The monoisotopic (exact) mass is 739 g/mol. The van der Waals surface area contributed by atoms with Gasteiger partial charge in [-0.1, -0.05) is 182 Å². The maximum Gasteiger partial charge on any atom is 0.137 e. The molecule has 2 nitrogen and oxygen atoms in total. The van der Waals surface area contributed by atoms with E-state index in [-0.39, 0.29) is 0 Å². The maximum atomic E-state index is 6.47. The smallest absolute Gasteiger partial charge is 0.137 e. The van der Waals surface area contributed by atoms with E-state index >= 15 is 0 Å². The van der Waals surface area contributed by atoms with Gasteiger partial charge < -0.3 is 9.32 Å². The van der Waals surface area contributed by atoms with Gasteiger partial charge in [-0.25, -0.2) is 0 Å². The van der Waals surface area contributed by atoms with Gasteiger partial charge >= 0.3 is 0 Å². The van der Waals surface area contributed by atoms with Gasteiger partial charge in [0.05, 0.1) is 21.9 Å². The third-order valence-electron chi connectivity index (χ3n) is 12.8. The molecule has 0 N–H and O–H groups in total. The second-order valence-corrected chi connectivity index (χ2v) is 15.5. The van der Waals surface area contributed by atoms with Crippen molar-refractivity contribution in [2.45, 2.75) is 10.8 Å². The maximum absolute atomic E-state index is 6.47. The highest BCUT2D eigenvalue weighted by molar-refractivity contribution is 6.13. The lowest BCUT2D eigenvalue weighted by atomic mass is 9.51. The number of benzene rings is 9. The van der Waals surface area contributed by atoms with E-state index in [1.165, 1.54) is 55.6 Å². The molecule has 0 saturated heterocycles. The van der Waals surface area contributed by atoms with Crippen molar-refractivity contribution in [3.8, 4) is 11.1 Å². The zero-order valence-electron chi connectivity index (χ0n) is 31.7. The molecule has 12 rings (SSSR count). The van der Waals surface area contributed by atoms with Crippen molar-refractivity contribution in [2.75, 3.05) is 4.90 Å². The summed E-state index contributed by atoms with van der Waals surface area (Å²) in [5, 5.41) is 2.21. The average Bonchev–Trinajstić information content (AvgIpc) is 3.82. The highest BCUT2D eigenvalue weighted by Crippen LogP contribution is 2.65. The Morgan fingerprint density at radius 1 is 0.328 bits per heavy atom. The number of hydrogen-bond acceptors (Lipinski definition) is 2. The summed E-state index contributed by atoms with van der Waals surface area (Å²) in [5.74, 6) is 0. The molecular weight excluding hydrogens is 703 g/mol. The van der Waals surface area contributed by atoms with Crippen molar-refractivity contribution in [2.24, 2.45) is 0 Å². The van der Waals surface area contributed by atoms with Crippen LogP contribution in [-0.2, 0) is 10.8 Å². The summed E-state index contributed by atoms with van der Waals surface area (Å²) in [4.78, 5) is 2.42. The minimum atomic E-state index is -0.598. The van der Waals surface area contributed by atoms with Crippen molar-refractivity contribution < 1.29 is 4.42 Å². The van der Waals surface area contributed by atoms with Gasteiger partial charge in [0.15, 0.2) is 0 Å². The summed E-state index contributed by atoms with van der Waals surface area (Å²) in [5.41, 5.74) is 16.7. The van der Waals surface area contributed by atoms with Crippen LogP contribution in [0.2, 0.25) is 0 Å². The van der Waals surface area contributed by atoms with E-state index in [2.05, 4.69) is 223 Å². The van der Waals surface area contributed by atoms with E-state index in [0.29, 0.717) is 0 Å². The predicted octanol–water partition coefficient (Wildman–Crippen LogP) is 14.1. The highest BCUT2D eigenvalue weighted by atomic mass is 16.3. The van der Waals surface area contributed by atoms with Crippen LogP contribution in [0, 0.1) is 0 Å². The summed E-state index contributed by atoms with van der Waals surface area (Å²) >= 11 is 0. The molecule has 0 radical (unpaired) electrons. The van der Waals surface area contributed by atoms with Crippen LogP contribution in [0.5, 0.6) is 0 Å². The second kappa shape index (κ2) is 12.5. The van der Waals surface area contributed by atoms with E-state index in [9.17, 15) is 0 Å². The van der Waals surface area contributed by atoms with Gasteiger partial charge in [-0.3, -0.25) is 0 Å². The summed E-state index contributed by atoms with van der Waals surface area (Å²) in [6, 6.07) is 82.5. The molecule has 1 aromatic heterocycles. The lowest BCUT2D eigenvalue weighted by molar-refractivity contribution is 0.623. The molecule has 1 heterocycles. The van der Waals surface area contributed by atoms with Gasteiger partial charge in [0.25, 0.3) is 0 Å². The van der Waals surface area contributed by atoms with E-state index in [4.69, 9.17) is 4.42 Å². The molecule has 0 aliphatic heterocycles. The van der Waals surface area contributed by atoms with Gasteiger partial charge in [0.1, 0.15) is 11.2 Å². The SMILES string of the molecule is c1ccc(N(c2ccc3c(c2)C2(c4ccccc4-3)c3ccccc3C(c3ccccc3)(c3ccccc3)c3ccccc32)c2cccc3oc4ccccc4c23)cc1. The molecule has 0 atom stereocenters. The van der Waals surface area contributed by atoms with Crippen molar-refractivity contribution in [3.63, 3.8) is 0 Å². The normalized spacial score (nSPS) is 14.1. The third-order valence-corrected chi connectivity index (χ3v) is 12.8. The lowest BCUT2D eigenvalue weighted by Gasteiger charge is -2.50. The number of rotatable bonds is 5. The van der Waals surface area contributed by atoms with Gasteiger partial charge in [0.2, 0.25) is 0 Å². The predicted molar refractivity (Wildman–Crippen MR) is 238 cm³/mol. The molecule has 0 unspecified atom stereocenters. The Morgan fingerprint density at radius 2 is 0.828 bits per heavy atom. The van der Waals surface area contributed by atoms with Crippen LogP contribution in [0.3, 0.4) is 0 Å². The Bertz CT molecular complexity index is 3090. The summed E-state index contributed by atoms with van der Waals surface area (Å²) < 4.78 is 6.47. The van der Waals surface area contributed by atoms with Crippen LogP contribution < -0.4 is 4.90 Å². The molecule has 0 fully saturated rings. The number of hydrogen-bond donors (Lipinski definition) is 0. The molecule has 58 heavy (non-hydrogen) atoms. The van der Waals surface area contributed by atoms with Crippen LogP contribution in [0.1, 0.15) is 44.5 Å². The molecule has 0 bridgehead atoms. The van der Waals surface area contributed by atoms with Gasteiger partial charge in [-0.2, -0.15) is 0 Å². The molecule has 272 valence electrons. The van der Waals surface area contributed by atoms with Crippen LogP contribution in [0.15, 0.2) is 229 Å². The van der Waals surface area contributed by atoms with Crippen LogP contribution >= 0.6 is 0 Å². The molecule has 2 aliphatic carbocycles. The molecule has 1 spiro atoms. The Balaban J connectivity index is 1.20. The van der Waals surface area contributed by atoms with E-state index in [1.807, 2.05) is 6.07 Å². The first-order valence-corrected chi connectivity index (χ1v) is 20.1. The quantitative estimate of drug-likeness (QED) is 0.175. The van der Waals surface area contributed by atoms with Gasteiger partial charge in [-0.15, -0.1) is 0 Å². The van der Waals surface area contributed by atoms with Gasteiger partial charge in [-0.05, 0) is 98.1 Å². The molecule has 10 aromatic rings. The number of anilines is 3. The fourth-order valence-electron chi connectivity index (χ4n) is 10.7. The molecular formula is C56H37NO. The molecule has 0 amide bonds. The zero-order chi connectivity index (χ0) is 38.3. The van der Waals surface area contributed by atoms with Crippen LogP contribution in [0.25, 0.3) is 33.1 Å². The van der Waals surface area contributed by atoms with Crippen molar-refractivity contribution in [1.82, 2.24) is 0 Å². The van der Waals surface area contributed by atoms with E-state index in [0.717, 1.165) is 39.0 Å².